The lowest BCUT2D eigenvalue weighted by Gasteiger charge is -2.17. The highest BCUT2D eigenvalue weighted by atomic mass is 32.2. The van der Waals surface area contributed by atoms with Crippen molar-refractivity contribution < 1.29 is 28.1 Å². The molecule has 0 fully saturated rings. The van der Waals surface area contributed by atoms with E-state index in [4.69, 9.17) is 9.47 Å². The summed E-state index contributed by atoms with van der Waals surface area (Å²) >= 11 is 0. The van der Waals surface area contributed by atoms with Crippen molar-refractivity contribution in [2.45, 2.75) is 24.7 Å². The van der Waals surface area contributed by atoms with Crippen molar-refractivity contribution in [3.8, 4) is 23.0 Å². The third kappa shape index (κ3) is 4.89. The number of aromatic hydroxyl groups is 2. The second kappa shape index (κ2) is 9.05. The number of sulfonamides is 1. The molecule has 33 heavy (non-hydrogen) atoms. The van der Waals surface area contributed by atoms with Crippen LogP contribution in [0.4, 0.5) is 0 Å². The average Bonchev–Trinajstić information content (AvgIpc) is 3.25. The van der Waals surface area contributed by atoms with Gasteiger partial charge in [0.05, 0.1) is 10.6 Å². The van der Waals surface area contributed by atoms with Gasteiger partial charge in [-0.15, -0.1) is 4.83 Å². The maximum Gasteiger partial charge on any atom is 0.257 e. The zero-order chi connectivity index (χ0) is 23.6. The summed E-state index contributed by atoms with van der Waals surface area (Å²) in [7, 11) is -3.89. The first-order chi connectivity index (χ1) is 15.7. The molecule has 172 valence electrons. The first-order valence-electron chi connectivity index (χ1n) is 10.2. The van der Waals surface area contributed by atoms with Crippen LogP contribution in [0.1, 0.15) is 36.5 Å². The predicted octanol–water partition coefficient (Wildman–Crippen LogP) is 3.93. The van der Waals surface area contributed by atoms with E-state index in [0.29, 0.717) is 28.2 Å². The van der Waals surface area contributed by atoms with Gasteiger partial charge < -0.3 is 25.1 Å². The molecular weight excluding hydrogens is 444 g/mol. The maximum atomic E-state index is 12.7. The Hall–Kier alpha value is -3.69. The summed E-state index contributed by atoms with van der Waals surface area (Å²) in [4.78, 5) is 2.44. The molecule has 4 rings (SSSR count). The second-order valence-electron chi connectivity index (χ2n) is 7.80. The van der Waals surface area contributed by atoms with Crippen LogP contribution < -0.4 is 19.7 Å². The summed E-state index contributed by atoms with van der Waals surface area (Å²) in [6.07, 6.45) is 1.66. The van der Waals surface area contributed by atoms with Crippen LogP contribution in [0.2, 0.25) is 0 Å². The van der Waals surface area contributed by atoms with Crippen molar-refractivity contribution in [1.82, 2.24) is 10.3 Å². The molecule has 1 heterocycles. The molecule has 3 aromatic rings. The SMILES string of the molecule is CC(C)c1cc(/C(=C\c2ccc3c(c2)OCO3)NNS(=O)(=O)c2ccccc2)c(O)cc1O. The van der Waals surface area contributed by atoms with E-state index < -0.39 is 10.0 Å². The Kier molecular flexibility index (Phi) is 6.17. The highest BCUT2D eigenvalue weighted by Gasteiger charge is 2.19. The molecule has 1 aliphatic rings. The van der Waals surface area contributed by atoms with E-state index in [0.717, 1.165) is 0 Å². The van der Waals surface area contributed by atoms with Gasteiger partial charge >= 0.3 is 0 Å². The molecule has 0 bridgehead atoms. The summed E-state index contributed by atoms with van der Waals surface area (Å²) in [5.41, 5.74) is 4.59. The zero-order valence-electron chi connectivity index (χ0n) is 18.1. The fourth-order valence-electron chi connectivity index (χ4n) is 3.40. The van der Waals surface area contributed by atoms with E-state index in [1.807, 2.05) is 13.8 Å². The smallest absolute Gasteiger partial charge is 0.257 e. The van der Waals surface area contributed by atoms with E-state index in [-0.39, 0.29) is 34.8 Å². The van der Waals surface area contributed by atoms with E-state index in [1.165, 1.54) is 18.2 Å². The molecule has 1 aliphatic heterocycles. The molecule has 0 aliphatic carbocycles. The molecule has 0 atom stereocenters. The summed E-state index contributed by atoms with van der Waals surface area (Å²) in [5.74, 6) is 0.887. The number of phenols is 2. The zero-order valence-corrected chi connectivity index (χ0v) is 18.9. The van der Waals surface area contributed by atoms with E-state index in [9.17, 15) is 18.6 Å². The topological polar surface area (TPSA) is 117 Å². The normalized spacial score (nSPS) is 13.4. The number of hydrogen-bond donors (Lipinski definition) is 4. The predicted molar refractivity (Wildman–Crippen MR) is 124 cm³/mol. The van der Waals surface area contributed by atoms with Gasteiger partial charge in [0.25, 0.3) is 10.0 Å². The van der Waals surface area contributed by atoms with Gasteiger partial charge in [-0.05, 0) is 53.5 Å². The van der Waals surface area contributed by atoms with Gasteiger partial charge in [-0.1, -0.05) is 38.1 Å². The minimum absolute atomic E-state index is 0.0304. The molecule has 0 saturated carbocycles. The number of hydrazine groups is 1. The minimum Gasteiger partial charge on any atom is -0.508 e. The Morgan fingerprint density at radius 3 is 2.42 bits per heavy atom. The monoisotopic (exact) mass is 468 g/mol. The van der Waals surface area contributed by atoms with Crippen LogP contribution in [0, 0.1) is 0 Å². The number of ether oxygens (including phenoxy) is 2. The van der Waals surface area contributed by atoms with E-state index in [2.05, 4.69) is 10.3 Å². The van der Waals surface area contributed by atoms with Gasteiger partial charge in [0.15, 0.2) is 11.5 Å². The van der Waals surface area contributed by atoms with Gasteiger partial charge in [0.1, 0.15) is 11.5 Å². The fraction of sp³-hybridized carbons (Fsp3) is 0.167. The maximum absolute atomic E-state index is 12.7. The molecule has 0 spiro atoms. The molecular formula is C24H24N2O6S. The highest BCUT2D eigenvalue weighted by Crippen LogP contribution is 2.37. The Morgan fingerprint density at radius 1 is 0.970 bits per heavy atom. The number of rotatable bonds is 7. The molecule has 4 N–H and O–H groups in total. The van der Waals surface area contributed by atoms with Crippen molar-refractivity contribution in [3.05, 3.63) is 77.4 Å². The Bertz CT molecular complexity index is 1300. The van der Waals surface area contributed by atoms with Gasteiger partial charge in [-0.3, -0.25) is 0 Å². The van der Waals surface area contributed by atoms with Crippen LogP contribution in [0.15, 0.2) is 65.6 Å². The summed E-state index contributed by atoms with van der Waals surface area (Å²) in [6, 6.07) is 16.1. The van der Waals surface area contributed by atoms with Crippen molar-refractivity contribution in [2.24, 2.45) is 0 Å². The number of phenolic OH excluding ortho intramolecular Hbond substituents is 2. The van der Waals surface area contributed by atoms with Crippen LogP contribution >= 0.6 is 0 Å². The third-order valence-electron chi connectivity index (χ3n) is 5.14. The molecule has 0 saturated heterocycles. The highest BCUT2D eigenvalue weighted by molar-refractivity contribution is 7.89. The largest absolute Gasteiger partial charge is 0.508 e. The second-order valence-corrected chi connectivity index (χ2v) is 9.48. The lowest BCUT2D eigenvalue weighted by atomic mass is 9.97. The van der Waals surface area contributed by atoms with Crippen molar-refractivity contribution in [1.29, 1.82) is 0 Å². The van der Waals surface area contributed by atoms with Crippen molar-refractivity contribution >= 4 is 21.8 Å². The van der Waals surface area contributed by atoms with Crippen LogP contribution in [-0.2, 0) is 10.0 Å². The standard InChI is InChI=1S/C24H24N2O6S/c1-15(2)18-12-19(22(28)13-21(18)27)20(10-16-8-9-23-24(11-16)32-14-31-23)25-26-33(29,30)17-6-4-3-5-7-17/h3-13,15,25-28H,14H2,1-2H3/b20-10+. The number of benzene rings is 3. The van der Waals surface area contributed by atoms with Crippen molar-refractivity contribution in [3.63, 3.8) is 0 Å². The molecule has 0 unspecified atom stereocenters. The molecule has 0 aromatic heterocycles. The van der Waals surface area contributed by atoms with Crippen molar-refractivity contribution in [2.75, 3.05) is 6.79 Å². The van der Waals surface area contributed by atoms with Gasteiger partial charge in [0.2, 0.25) is 6.79 Å². The lowest BCUT2D eigenvalue weighted by Crippen LogP contribution is -2.36. The summed E-state index contributed by atoms with van der Waals surface area (Å²) in [5, 5.41) is 20.8. The number of nitrogens with one attached hydrogen (secondary N) is 2. The average molecular weight is 469 g/mol. The molecule has 3 aromatic carbocycles. The summed E-state index contributed by atoms with van der Waals surface area (Å²) in [6.45, 7) is 3.94. The van der Waals surface area contributed by atoms with Crippen LogP contribution in [0.3, 0.4) is 0 Å². The van der Waals surface area contributed by atoms with E-state index >= 15 is 0 Å². The van der Waals surface area contributed by atoms with Gasteiger partial charge in [-0.2, -0.15) is 0 Å². The minimum atomic E-state index is -3.89. The van der Waals surface area contributed by atoms with Gasteiger partial charge in [-0.25, -0.2) is 8.42 Å². The van der Waals surface area contributed by atoms with Crippen LogP contribution in [-0.4, -0.2) is 25.4 Å². The Labute approximate surface area is 192 Å². The Balaban J connectivity index is 1.75. The fourth-order valence-corrected chi connectivity index (χ4v) is 4.28. The Morgan fingerprint density at radius 2 is 1.70 bits per heavy atom. The van der Waals surface area contributed by atoms with E-state index in [1.54, 1.807) is 48.5 Å². The molecule has 0 amide bonds. The summed E-state index contributed by atoms with van der Waals surface area (Å²) < 4.78 is 36.3. The molecule has 8 nitrogen and oxygen atoms in total. The molecule has 0 radical (unpaired) electrons. The first-order valence-corrected chi connectivity index (χ1v) is 11.7. The number of hydrogen-bond acceptors (Lipinski definition) is 7. The first kappa shape index (κ1) is 22.5. The lowest BCUT2D eigenvalue weighted by molar-refractivity contribution is 0.174. The van der Waals surface area contributed by atoms with Gasteiger partial charge in [0, 0.05) is 11.6 Å². The van der Waals surface area contributed by atoms with Crippen LogP contribution in [0.25, 0.3) is 11.8 Å². The molecule has 9 heteroatoms. The third-order valence-corrected chi connectivity index (χ3v) is 6.40. The van der Waals surface area contributed by atoms with Crippen LogP contribution in [0.5, 0.6) is 23.0 Å². The number of fused-ring (bicyclic) bond motifs is 1. The quantitative estimate of drug-likeness (QED) is 0.307.